The average molecular weight is 884 g/mol. The van der Waals surface area contributed by atoms with Crippen LogP contribution in [-0.2, 0) is 11.6 Å². The van der Waals surface area contributed by atoms with E-state index in [1.807, 2.05) is 54.6 Å². The number of rotatable bonds is 10. The van der Waals surface area contributed by atoms with Crippen LogP contribution in [0.2, 0.25) is 0 Å². The van der Waals surface area contributed by atoms with E-state index >= 15 is 0 Å². The van der Waals surface area contributed by atoms with Crippen molar-refractivity contribution in [2.24, 2.45) is 5.92 Å². The van der Waals surface area contributed by atoms with Crippen molar-refractivity contribution in [2.45, 2.75) is 89.6 Å². The Bertz CT molecular complexity index is 2970. The van der Waals surface area contributed by atoms with Crippen molar-refractivity contribution < 1.29 is 27.1 Å². The van der Waals surface area contributed by atoms with Crippen molar-refractivity contribution >= 4 is 27.9 Å². The van der Waals surface area contributed by atoms with Gasteiger partial charge in [0.2, 0.25) is 0 Å². The molecule has 7 heteroatoms. The van der Waals surface area contributed by atoms with Crippen molar-refractivity contribution in [3.63, 3.8) is 0 Å². The molecule has 0 saturated heterocycles. The summed E-state index contributed by atoms with van der Waals surface area (Å²) < 4.78 is 63.1. The summed E-state index contributed by atoms with van der Waals surface area (Å²) in [6.07, 6.45) is 8.00. The fourth-order valence-electron chi connectivity index (χ4n) is 10.9. The first kappa shape index (κ1) is 43.4. The van der Waals surface area contributed by atoms with Crippen molar-refractivity contribution in [2.75, 3.05) is 11.9 Å². The molecule has 10 rings (SSSR count). The number of alkyl halides is 3. The molecule has 3 nitrogen and oxygen atoms in total. The summed E-state index contributed by atoms with van der Waals surface area (Å²) in [6, 6.07) is 40.8. The van der Waals surface area contributed by atoms with Crippen LogP contribution in [0.5, 0.6) is 5.75 Å². The van der Waals surface area contributed by atoms with Crippen LogP contribution in [0.4, 0.5) is 23.2 Å². The van der Waals surface area contributed by atoms with Crippen LogP contribution in [0.15, 0.2) is 140 Å². The Balaban J connectivity index is 0.887. The molecule has 0 unspecified atom stereocenters. The molecule has 1 heterocycles. The van der Waals surface area contributed by atoms with E-state index in [-0.39, 0.29) is 18.3 Å². The largest absolute Gasteiger partial charge is 0.488 e. The molecule has 1 saturated carbocycles. The lowest BCUT2D eigenvalue weighted by molar-refractivity contribution is -0.137. The zero-order valence-corrected chi connectivity index (χ0v) is 37.6. The van der Waals surface area contributed by atoms with E-state index in [2.05, 4.69) is 68.6 Å². The summed E-state index contributed by atoms with van der Waals surface area (Å²) in [4.78, 5) is 13.4. The molecule has 0 aromatic heterocycles. The van der Waals surface area contributed by atoms with Crippen molar-refractivity contribution in [3.8, 4) is 39.1 Å². The number of nitrogens with one attached hydrogen (secondary N) is 1. The van der Waals surface area contributed by atoms with Gasteiger partial charge in [0.15, 0.2) is 0 Å². The zero-order valence-electron chi connectivity index (χ0n) is 37.6. The Morgan fingerprint density at radius 3 is 2.02 bits per heavy atom. The lowest BCUT2D eigenvalue weighted by Crippen LogP contribution is -2.20. The molecule has 0 spiro atoms. The van der Waals surface area contributed by atoms with Gasteiger partial charge in [-0.15, -0.1) is 0 Å². The first-order valence-electron chi connectivity index (χ1n) is 23.4. The predicted octanol–water partition coefficient (Wildman–Crippen LogP) is 16.6. The number of amides is 1. The van der Waals surface area contributed by atoms with Gasteiger partial charge in [0.1, 0.15) is 18.2 Å². The molecule has 0 atom stereocenters. The van der Waals surface area contributed by atoms with Gasteiger partial charge in [-0.3, -0.25) is 4.79 Å². The zero-order chi connectivity index (χ0) is 45.7. The van der Waals surface area contributed by atoms with Gasteiger partial charge in [-0.05, 0) is 165 Å². The van der Waals surface area contributed by atoms with Crippen LogP contribution in [0.25, 0.3) is 49.7 Å². The Morgan fingerprint density at radius 1 is 0.697 bits per heavy atom. The van der Waals surface area contributed by atoms with E-state index < -0.39 is 17.2 Å². The second-order valence-corrected chi connectivity index (χ2v) is 19.0. The fraction of sp³-hybridized carbons (Fsp3) is 0.271. The molecule has 0 bridgehead atoms. The van der Waals surface area contributed by atoms with Gasteiger partial charge in [-0.2, -0.15) is 13.2 Å². The minimum absolute atomic E-state index is 0.166. The van der Waals surface area contributed by atoms with Gasteiger partial charge in [0.25, 0.3) is 5.91 Å². The highest BCUT2D eigenvalue weighted by Gasteiger charge is 2.43. The van der Waals surface area contributed by atoms with E-state index in [4.69, 9.17) is 4.74 Å². The number of hydrogen-bond donors (Lipinski definition) is 1. The summed E-state index contributed by atoms with van der Waals surface area (Å²) >= 11 is 0. The maximum absolute atomic E-state index is 14.2. The Labute approximate surface area is 384 Å². The van der Waals surface area contributed by atoms with Gasteiger partial charge in [0, 0.05) is 27.6 Å². The van der Waals surface area contributed by atoms with Gasteiger partial charge in [0.05, 0.1) is 5.56 Å². The van der Waals surface area contributed by atoms with E-state index in [9.17, 15) is 22.4 Å². The van der Waals surface area contributed by atoms with Gasteiger partial charge >= 0.3 is 6.18 Å². The first-order valence-corrected chi connectivity index (χ1v) is 23.4. The van der Waals surface area contributed by atoms with Crippen LogP contribution < -0.4 is 10.1 Å². The van der Waals surface area contributed by atoms with Crippen molar-refractivity contribution in [1.82, 2.24) is 0 Å². The third kappa shape index (κ3) is 8.11. The second kappa shape index (κ2) is 17.4. The van der Waals surface area contributed by atoms with Gasteiger partial charge < -0.3 is 10.1 Å². The summed E-state index contributed by atoms with van der Waals surface area (Å²) in [5.41, 5.74) is 11.4. The molecule has 334 valence electrons. The van der Waals surface area contributed by atoms with Crippen LogP contribution in [0.3, 0.4) is 0 Å². The molecule has 66 heavy (non-hydrogen) atoms. The minimum Gasteiger partial charge on any atom is -0.488 e. The number of ether oxygens (including phenoxy) is 1. The number of anilines is 1. The molecule has 0 radical (unpaired) electrons. The minimum atomic E-state index is -4.55. The van der Waals surface area contributed by atoms with E-state index in [1.54, 1.807) is 18.2 Å². The molecule has 1 amide bonds. The van der Waals surface area contributed by atoms with Crippen LogP contribution in [0, 0.1) is 11.7 Å². The molecule has 1 N–H and O–H groups in total. The molecule has 1 aliphatic heterocycles. The van der Waals surface area contributed by atoms with Crippen LogP contribution in [0.1, 0.15) is 122 Å². The maximum Gasteiger partial charge on any atom is 0.416 e. The monoisotopic (exact) mass is 883 g/mol. The highest BCUT2D eigenvalue weighted by Crippen LogP contribution is 2.59. The van der Waals surface area contributed by atoms with E-state index in [1.165, 1.54) is 75.1 Å². The molecule has 1 fully saturated rings. The van der Waals surface area contributed by atoms with Gasteiger partial charge in [-0.25, -0.2) is 4.39 Å². The normalized spacial score (nSPS) is 17.3. The maximum atomic E-state index is 14.2. The molecular formula is C59H53F4NO2. The predicted molar refractivity (Wildman–Crippen MR) is 260 cm³/mol. The standard InChI is InChI=1S/C59H53F4NO2/c1-4-5-6-7-36-8-10-37(11-9-36)38-12-14-39(15-13-38)40-16-18-43(19-17-40)57(65)64-47-28-22-41(23-29-47)44-24-31-52-51(34-44)53-49-30-25-45(59(61,62)63)35-50(49)56-54(55(53)58(52,2)3)48(32-33-66-56)42-20-26-46(60)27-21-42/h12-32,34-37H,4-11,33H2,1-3H3,(H,64,65). The number of benzene rings is 7. The average Bonchev–Trinajstić information content (AvgIpc) is 3.57. The third-order valence-corrected chi connectivity index (χ3v) is 14.5. The van der Waals surface area contributed by atoms with Crippen LogP contribution in [-0.4, -0.2) is 12.5 Å². The number of carbonyl (C=O) groups excluding carboxylic acids is 1. The number of unbranched alkanes of at least 4 members (excludes halogenated alkanes) is 2. The highest BCUT2D eigenvalue weighted by molar-refractivity contribution is 6.11. The second-order valence-electron chi connectivity index (χ2n) is 19.0. The summed E-state index contributed by atoms with van der Waals surface area (Å²) in [7, 11) is 0. The SMILES string of the molecule is CCCCCC1CCC(c2ccc(-c3ccc(C(=O)Nc4ccc(-c5ccc6c(c5)-c5c(c7c(c8cc(C(F)(F)F)ccc58)OCC=C7c5ccc(F)cc5)C6(C)C)cc4)cc3)cc2)CC1. The number of hydrogen-bond acceptors (Lipinski definition) is 2. The van der Waals surface area contributed by atoms with E-state index in [0.717, 1.165) is 73.2 Å². The molecular weight excluding hydrogens is 831 g/mol. The van der Waals surface area contributed by atoms with E-state index in [0.29, 0.717) is 33.7 Å². The first-order chi connectivity index (χ1) is 31.9. The highest BCUT2D eigenvalue weighted by atomic mass is 19.4. The smallest absolute Gasteiger partial charge is 0.416 e. The number of fused-ring (bicyclic) bond motifs is 8. The molecule has 2 aliphatic carbocycles. The fourth-order valence-corrected chi connectivity index (χ4v) is 10.9. The topological polar surface area (TPSA) is 38.3 Å². The van der Waals surface area contributed by atoms with Crippen LogP contribution >= 0.6 is 0 Å². The summed E-state index contributed by atoms with van der Waals surface area (Å²) in [5, 5.41) is 4.10. The van der Waals surface area contributed by atoms with Crippen molar-refractivity contribution in [3.05, 3.63) is 184 Å². The van der Waals surface area contributed by atoms with Gasteiger partial charge in [-0.1, -0.05) is 125 Å². The Morgan fingerprint density at radius 2 is 1.33 bits per heavy atom. The number of halogens is 4. The summed E-state index contributed by atoms with van der Waals surface area (Å²) in [5.74, 6) is 1.37. The lowest BCUT2D eigenvalue weighted by Gasteiger charge is -2.30. The number of carbonyl (C=O) groups is 1. The molecule has 3 aliphatic rings. The quantitative estimate of drug-likeness (QED) is 0.110. The summed E-state index contributed by atoms with van der Waals surface area (Å²) in [6.45, 7) is 6.71. The molecule has 7 aromatic carbocycles. The molecule has 7 aromatic rings. The Hall–Kier alpha value is -6.47. The van der Waals surface area contributed by atoms with Crippen molar-refractivity contribution in [1.29, 1.82) is 0 Å². The lowest BCUT2D eigenvalue weighted by atomic mass is 9.76. The Kier molecular flexibility index (Phi) is 11.4. The third-order valence-electron chi connectivity index (χ3n) is 14.5.